The molecule has 0 saturated carbocycles. The summed E-state index contributed by atoms with van der Waals surface area (Å²) in [5.41, 5.74) is 1.73. The lowest BCUT2D eigenvalue weighted by atomic mass is 10.0. The van der Waals surface area contributed by atoms with Gasteiger partial charge in [0.25, 0.3) is 0 Å². The molecule has 0 aliphatic rings. The van der Waals surface area contributed by atoms with Crippen molar-refractivity contribution in [2.45, 2.75) is 12.5 Å². The third-order valence-corrected chi connectivity index (χ3v) is 3.49. The van der Waals surface area contributed by atoms with Crippen molar-refractivity contribution in [3.8, 4) is 0 Å². The highest BCUT2D eigenvalue weighted by Gasteiger charge is 2.12. The van der Waals surface area contributed by atoms with Gasteiger partial charge in [0.05, 0.1) is 22.4 Å². The zero-order valence-electron chi connectivity index (χ0n) is 10.3. The molecule has 100 valence electrons. The standard InChI is InChI=1S/C14H13BrF2N2/c1-18-14(13-5-3-10(16)8-19-13)7-9-2-4-12(17)11(15)6-9/h2-6,8,14,18H,7H2,1H3. The highest BCUT2D eigenvalue weighted by Crippen LogP contribution is 2.21. The van der Waals surface area contributed by atoms with E-state index in [2.05, 4.69) is 26.2 Å². The SMILES string of the molecule is CNC(Cc1ccc(F)c(Br)c1)c1ccc(F)cn1. The van der Waals surface area contributed by atoms with Crippen LogP contribution in [0.15, 0.2) is 41.0 Å². The molecule has 0 bridgehead atoms. The molecule has 1 aromatic carbocycles. The van der Waals surface area contributed by atoms with Gasteiger partial charge in [0.2, 0.25) is 0 Å². The largest absolute Gasteiger partial charge is 0.311 e. The molecule has 1 N–H and O–H groups in total. The van der Waals surface area contributed by atoms with Gasteiger partial charge in [0, 0.05) is 0 Å². The van der Waals surface area contributed by atoms with Crippen molar-refractivity contribution in [1.82, 2.24) is 10.3 Å². The molecule has 0 aliphatic carbocycles. The Balaban J connectivity index is 2.18. The van der Waals surface area contributed by atoms with Crippen molar-refractivity contribution < 1.29 is 8.78 Å². The molecular formula is C14H13BrF2N2. The molecule has 5 heteroatoms. The van der Waals surface area contributed by atoms with E-state index >= 15 is 0 Å². The Morgan fingerprint density at radius 2 is 2.05 bits per heavy atom. The molecule has 0 saturated heterocycles. The van der Waals surface area contributed by atoms with Gasteiger partial charge in [-0.1, -0.05) is 6.07 Å². The molecule has 2 nitrogen and oxygen atoms in total. The number of halogens is 3. The van der Waals surface area contributed by atoms with Gasteiger partial charge in [-0.15, -0.1) is 0 Å². The van der Waals surface area contributed by atoms with Crippen LogP contribution in [0.3, 0.4) is 0 Å². The number of hydrogen-bond donors (Lipinski definition) is 1. The van der Waals surface area contributed by atoms with Gasteiger partial charge in [-0.25, -0.2) is 8.78 Å². The van der Waals surface area contributed by atoms with Crippen LogP contribution in [0.4, 0.5) is 8.78 Å². The number of rotatable bonds is 4. The third-order valence-electron chi connectivity index (χ3n) is 2.88. The summed E-state index contributed by atoms with van der Waals surface area (Å²) in [7, 11) is 1.81. The van der Waals surface area contributed by atoms with Crippen molar-refractivity contribution in [3.63, 3.8) is 0 Å². The number of hydrogen-bond acceptors (Lipinski definition) is 2. The molecule has 0 spiro atoms. The summed E-state index contributed by atoms with van der Waals surface area (Å²) >= 11 is 3.16. The summed E-state index contributed by atoms with van der Waals surface area (Å²) in [4.78, 5) is 4.06. The zero-order chi connectivity index (χ0) is 13.8. The van der Waals surface area contributed by atoms with Crippen LogP contribution in [-0.2, 0) is 6.42 Å². The molecular weight excluding hydrogens is 314 g/mol. The number of pyridine rings is 1. The van der Waals surface area contributed by atoms with Crippen LogP contribution >= 0.6 is 15.9 Å². The van der Waals surface area contributed by atoms with Gasteiger partial charge in [0.1, 0.15) is 11.6 Å². The van der Waals surface area contributed by atoms with E-state index in [1.807, 2.05) is 7.05 Å². The lowest BCUT2D eigenvalue weighted by Gasteiger charge is -2.16. The lowest BCUT2D eigenvalue weighted by molar-refractivity contribution is 0.563. The van der Waals surface area contributed by atoms with E-state index in [1.165, 1.54) is 18.3 Å². The summed E-state index contributed by atoms with van der Waals surface area (Å²) in [5, 5.41) is 3.13. The first-order chi connectivity index (χ1) is 9.10. The number of benzene rings is 1. The van der Waals surface area contributed by atoms with Gasteiger partial charge >= 0.3 is 0 Å². The topological polar surface area (TPSA) is 24.9 Å². The fraction of sp³-hybridized carbons (Fsp3) is 0.214. The van der Waals surface area contributed by atoms with Crippen molar-refractivity contribution in [2.24, 2.45) is 0 Å². The monoisotopic (exact) mass is 326 g/mol. The van der Waals surface area contributed by atoms with Crippen LogP contribution in [0.25, 0.3) is 0 Å². The van der Waals surface area contributed by atoms with Gasteiger partial charge in [-0.2, -0.15) is 0 Å². The quantitative estimate of drug-likeness (QED) is 0.928. The Kier molecular flexibility index (Phi) is 4.61. The van der Waals surface area contributed by atoms with Crippen LogP contribution < -0.4 is 5.32 Å². The first-order valence-corrected chi connectivity index (χ1v) is 6.62. The van der Waals surface area contributed by atoms with Crippen LogP contribution in [-0.4, -0.2) is 12.0 Å². The smallest absolute Gasteiger partial charge is 0.141 e. The summed E-state index contributed by atoms with van der Waals surface area (Å²) in [6, 6.07) is 7.88. The van der Waals surface area contributed by atoms with E-state index in [0.717, 1.165) is 11.3 Å². The highest BCUT2D eigenvalue weighted by atomic mass is 79.9. The van der Waals surface area contributed by atoms with Crippen LogP contribution in [0.2, 0.25) is 0 Å². The molecule has 0 amide bonds. The molecule has 0 fully saturated rings. The van der Waals surface area contributed by atoms with Gasteiger partial charge in [-0.05, 0) is 59.2 Å². The predicted octanol–water partition coefficient (Wildman–Crippen LogP) is 3.63. The summed E-state index contributed by atoms with van der Waals surface area (Å²) < 4.78 is 26.5. The second kappa shape index (κ2) is 6.21. The second-order valence-electron chi connectivity index (χ2n) is 4.20. The molecule has 0 radical (unpaired) electrons. The van der Waals surface area contributed by atoms with Gasteiger partial charge in [-0.3, -0.25) is 4.98 Å². The Labute approximate surface area is 119 Å². The van der Waals surface area contributed by atoms with E-state index < -0.39 is 0 Å². The Hall–Kier alpha value is -1.33. The van der Waals surface area contributed by atoms with Crippen LogP contribution in [0.5, 0.6) is 0 Å². The molecule has 1 aromatic heterocycles. The minimum Gasteiger partial charge on any atom is -0.311 e. The van der Waals surface area contributed by atoms with Gasteiger partial charge < -0.3 is 5.32 Å². The maximum atomic E-state index is 13.2. The van der Waals surface area contributed by atoms with E-state index in [1.54, 1.807) is 18.2 Å². The first-order valence-electron chi connectivity index (χ1n) is 5.83. The van der Waals surface area contributed by atoms with Crippen LogP contribution in [0, 0.1) is 11.6 Å². The fourth-order valence-electron chi connectivity index (χ4n) is 1.85. The molecule has 19 heavy (non-hydrogen) atoms. The number of likely N-dealkylation sites (N-methyl/N-ethyl adjacent to an activating group) is 1. The van der Waals surface area contributed by atoms with E-state index in [4.69, 9.17) is 0 Å². The number of nitrogens with zero attached hydrogens (tertiary/aromatic N) is 1. The Morgan fingerprint density at radius 3 is 2.63 bits per heavy atom. The maximum absolute atomic E-state index is 13.2. The predicted molar refractivity (Wildman–Crippen MR) is 73.8 cm³/mol. The molecule has 2 aromatic rings. The van der Waals surface area contributed by atoms with E-state index in [0.29, 0.717) is 10.9 Å². The van der Waals surface area contributed by atoms with Crippen LogP contribution in [0.1, 0.15) is 17.3 Å². The van der Waals surface area contributed by atoms with Gasteiger partial charge in [0.15, 0.2) is 0 Å². The molecule has 2 rings (SSSR count). The zero-order valence-corrected chi connectivity index (χ0v) is 11.9. The summed E-state index contributed by atoms with van der Waals surface area (Å²) in [6.07, 6.45) is 1.84. The maximum Gasteiger partial charge on any atom is 0.141 e. The van der Waals surface area contributed by atoms with Crippen molar-refractivity contribution in [2.75, 3.05) is 7.05 Å². The number of nitrogens with one attached hydrogen (secondary N) is 1. The third kappa shape index (κ3) is 3.58. The summed E-state index contributed by atoms with van der Waals surface area (Å²) in [6.45, 7) is 0. The average Bonchev–Trinajstić information content (AvgIpc) is 2.41. The van der Waals surface area contributed by atoms with E-state index in [-0.39, 0.29) is 17.7 Å². The Morgan fingerprint density at radius 1 is 1.26 bits per heavy atom. The molecule has 0 aliphatic heterocycles. The minimum atomic E-state index is -0.358. The normalized spacial score (nSPS) is 12.4. The second-order valence-corrected chi connectivity index (χ2v) is 5.05. The highest BCUT2D eigenvalue weighted by molar-refractivity contribution is 9.10. The average molecular weight is 327 g/mol. The van der Waals surface area contributed by atoms with Crippen molar-refractivity contribution >= 4 is 15.9 Å². The summed E-state index contributed by atoms with van der Waals surface area (Å²) in [5.74, 6) is -0.646. The molecule has 1 atom stereocenters. The van der Waals surface area contributed by atoms with E-state index in [9.17, 15) is 8.78 Å². The Bertz CT molecular complexity index is 558. The number of aromatic nitrogens is 1. The molecule has 1 heterocycles. The minimum absolute atomic E-state index is 0.0436. The lowest BCUT2D eigenvalue weighted by Crippen LogP contribution is -2.20. The van der Waals surface area contributed by atoms with Crippen molar-refractivity contribution in [3.05, 3.63) is 63.9 Å². The fourth-order valence-corrected chi connectivity index (χ4v) is 2.28. The van der Waals surface area contributed by atoms with Crippen molar-refractivity contribution in [1.29, 1.82) is 0 Å². The first kappa shape index (κ1) is 14.1. The molecule has 1 unspecified atom stereocenters.